The van der Waals surface area contributed by atoms with E-state index in [1.165, 1.54) is 18.3 Å². The molecule has 0 saturated heterocycles. The van der Waals surface area contributed by atoms with Crippen molar-refractivity contribution in [3.05, 3.63) is 71.8 Å². The molecule has 172 valence electrons. The van der Waals surface area contributed by atoms with Crippen LogP contribution in [0.3, 0.4) is 0 Å². The molecule has 0 aliphatic heterocycles. The van der Waals surface area contributed by atoms with Gasteiger partial charge in [0, 0.05) is 29.5 Å². The first-order chi connectivity index (χ1) is 15.8. The van der Waals surface area contributed by atoms with E-state index in [1.54, 1.807) is 0 Å². The van der Waals surface area contributed by atoms with Gasteiger partial charge in [-0.3, -0.25) is 9.59 Å². The topological polar surface area (TPSA) is 79.8 Å². The van der Waals surface area contributed by atoms with Crippen molar-refractivity contribution in [3.63, 3.8) is 0 Å². The average molecular weight is 457 g/mol. The Morgan fingerprint density at radius 2 is 1.70 bits per heavy atom. The Morgan fingerprint density at radius 3 is 2.42 bits per heavy atom. The van der Waals surface area contributed by atoms with Crippen molar-refractivity contribution in [1.29, 1.82) is 0 Å². The Labute approximate surface area is 188 Å². The molecule has 6 nitrogen and oxygen atoms in total. The zero-order valence-corrected chi connectivity index (χ0v) is 17.8. The minimum absolute atomic E-state index is 0.00984. The summed E-state index contributed by atoms with van der Waals surface area (Å²) in [5.74, 6) is -0.326. The highest BCUT2D eigenvalue weighted by molar-refractivity contribution is 6.02. The predicted octanol–water partition coefficient (Wildman–Crippen LogP) is 5.13. The fraction of sp³-hybridized carbons (Fsp3) is 0.208. The number of anilines is 1. The quantitative estimate of drug-likeness (QED) is 0.364. The van der Waals surface area contributed by atoms with Gasteiger partial charge in [0.1, 0.15) is 5.75 Å². The van der Waals surface area contributed by atoms with Crippen LogP contribution in [0.4, 0.5) is 18.9 Å². The van der Waals surface area contributed by atoms with E-state index < -0.39 is 23.6 Å². The van der Waals surface area contributed by atoms with Crippen LogP contribution in [-0.4, -0.2) is 24.6 Å². The highest BCUT2D eigenvalue weighted by Gasteiger charge is 2.30. The number of halogens is 3. The van der Waals surface area contributed by atoms with E-state index in [0.29, 0.717) is 6.61 Å². The molecular weight excluding hydrogens is 435 g/mol. The van der Waals surface area contributed by atoms with E-state index >= 15 is 0 Å². The van der Waals surface area contributed by atoms with E-state index in [2.05, 4.69) is 15.8 Å². The first-order valence-electron chi connectivity index (χ1n) is 10.2. The number of amides is 2. The number of carbonyl (C=O) groups excluding carboxylic acids is 2. The van der Waals surface area contributed by atoms with Gasteiger partial charge in [-0.05, 0) is 42.6 Å². The van der Waals surface area contributed by atoms with Gasteiger partial charge in [0.2, 0.25) is 11.8 Å². The molecule has 2 N–H and O–H groups in total. The van der Waals surface area contributed by atoms with Crippen molar-refractivity contribution in [2.75, 3.05) is 11.9 Å². The molecule has 9 heteroatoms. The zero-order chi connectivity index (χ0) is 23.8. The van der Waals surface area contributed by atoms with E-state index in [0.717, 1.165) is 34.2 Å². The lowest BCUT2D eigenvalue weighted by Gasteiger charge is -2.10. The van der Waals surface area contributed by atoms with E-state index in [1.807, 2.05) is 43.3 Å². The summed E-state index contributed by atoms with van der Waals surface area (Å²) in [6.45, 7) is 2.44. The third-order valence-corrected chi connectivity index (χ3v) is 4.66. The van der Waals surface area contributed by atoms with Crippen LogP contribution >= 0.6 is 0 Å². The summed E-state index contributed by atoms with van der Waals surface area (Å²) in [7, 11) is 0. The van der Waals surface area contributed by atoms with E-state index in [4.69, 9.17) is 4.74 Å². The summed E-state index contributed by atoms with van der Waals surface area (Å²) in [6.07, 6.45) is -3.39. The maximum atomic E-state index is 12.8. The number of hydrazone groups is 1. The summed E-state index contributed by atoms with van der Waals surface area (Å²) in [6, 6.07) is 15.6. The number of fused-ring (bicyclic) bond motifs is 1. The smallest absolute Gasteiger partial charge is 0.416 e. The maximum absolute atomic E-state index is 12.8. The van der Waals surface area contributed by atoms with Gasteiger partial charge >= 0.3 is 6.18 Å². The second-order valence-electron chi connectivity index (χ2n) is 7.05. The molecule has 2 amide bonds. The number of hydrogen-bond acceptors (Lipinski definition) is 4. The highest BCUT2D eigenvalue weighted by Crippen LogP contribution is 2.31. The predicted molar refractivity (Wildman–Crippen MR) is 120 cm³/mol. The SMILES string of the molecule is CCOc1ccc(C=NNC(=O)CCC(=O)Nc2cccc(C(F)(F)F)c2)c2ccccc12. The van der Waals surface area contributed by atoms with Crippen molar-refractivity contribution in [2.45, 2.75) is 25.9 Å². The van der Waals surface area contributed by atoms with Gasteiger partial charge in [-0.25, -0.2) is 5.43 Å². The second kappa shape index (κ2) is 10.6. The van der Waals surface area contributed by atoms with Crippen molar-refractivity contribution < 1.29 is 27.5 Å². The first-order valence-corrected chi connectivity index (χ1v) is 10.2. The second-order valence-corrected chi connectivity index (χ2v) is 7.05. The van der Waals surface area contributed by atoms with Crippen LogP contribution in [0.1, 0.15) is 30.9 Å². The Bertz CT molecular complexity index is 1180. The van der Waals surface area contributed by atoms with Crippen molar-refractivity contribution in [1.82, 2.24) is 5.43 Å². The minimum atomic E-state index is -4.51. The molecule has 33 heavy (non-hydrogen) atoms. The fourth-order valence-corrected chi connectivity index (χ4v) is 3.14. The lowest BCUT2D eigenvalue weighted by atomic mass is 10.0. The molecule has 0 radical (unpaired) electrons. The molecule has 0 aliphatic carbocycles. The molecule has 3 rings (SSSR count). The van der Waals surface area contributed by atoms with Crippen LogP contribution in [0.5, 0.6) is 5.75 Å². The summed E-state index contributed by atoms with van der Waals surface area (Å²) >= 11 is 0. The average Bonchev–Trinajstić information content (AvgIpc) is 2.79. The number of benzene rings is 3. The Morgan fingerprint density at radius 1 is 0.970 bits per heavy atom. The normalized spacial score (nSPS) is 11.5. The van der Waals surface area contributed by atoms with Crippen LogP contribution in [0.15, 0.2) is 65.8 Å². The Kier molecular flexibility index (Phi) is 7.66. The molecule has 0 atom stereocenters. The number of rotatable bonds is 8. The largest absolute Gasteiger partial charge is 0.493 e. The van der Waals surface area contributed by atoms with E-state index in [9.17, 15) is 22.8 Å². The molecule has 0 heterocycles. The molecule has 0 fully saturated rings. The summed E-state index contributed by atoms with van der Waals surface area (Å²) in [4.78, 5) is 24.0. The van der Waals surface area contributed by atoms with Gasteiger partial charge in [0.15, 0.2) is 0 Å². The lowest BCUT2D eigenvalue weighted by molar-refractivity contribution is -0.137. The van der Waals surface area contributed by atoms with Crippen molar-refractivity contribution in [2.24, 2.45) is 5.10 Å². The molecule has 0 saturated carbocycles. The third kappa shape index (κ3) is 6.55. The summed E-state index contributed by atoms with van der Waals surface area (Å²) in [5, 5.41) is 8.13. The molecule has 0 aliphatic rings. The summed E-state index contributed by atoms with van der Waals surface area (Å²) < 4.78 is 43.9. The number of ether oxygens (including phenoxy) is 1. The number of alkyl halides is 3. The molecule has 0 bridgehead atoms. The van der Waals surface area contributed by atoms with Crippen LogP contribution in [0, 0.1) is 0 Å². The molecule has 0 unspecified atom stereocenters. The number of hydrogen-bond donors (Lipinski definition) is 2. The van der Waals surface area contributed by atoms with Crippen LogP contribution < -0.4 is 15.5 Å². The van der Waals surface area contributed by atoms with Crippen molar-refractivity contribution >= 4 is 34.5 Å². The van der Waals surface area contributed by atoms with E-state index in [-0.39, 0.29) is 18.5 Å². The Hall–Kier alpha value is -3.88. The van der Waals surface area contributed by atoms with Gasteiger partial charge in [-0.1, -0.05) is 30.3 Å². The van der Waals surface area contributed by atoms with Gasteiger partial charge in [-0.15, -0.1) is 0 Å². The van der Waals surface area contributed by atoms with Crippen LogP contribution in [-0.2, 0) is 15.8 Å². The monoisotopic (exact) mass is 457 g/mol. The van der Waals surface area contributed by atoms with Gasteiger partial charge in [-0.2, -0.15) is 18.3 Å². The zero-order valence-electron chi connectivity index (χ0n) is 17.8. The third-order valence-electron chi connectivity index (χ3n) is 4.66. The first kappa shape index (κ1) is 23.8. The number of nitrogens with zero attached hydrogens (tertiary/aromatic N) is 1. The maximum Gasteiger partial charge on any atom is 0.416 e. The summed E-state index contributed by atoms with van der Waals surface area (Å²) in [5.41, 5.74) is 2.27. The molecular formula is C24H22F3N3O3. The lowest BCUT2D eigenvalue weighted by Crippen LogP contribution is -2.20. The van der Waals surface area contributed by atoms with Gasteiger partial charge in [0.05, 0.1) is 18.4 Å². The number of carbonyl (C=O) groups is 2. The number of nitrogens with one attached hydrogen (secondary N) is 2. The van der Waals surface area contributed by atoms with Crippen molar-refractivity contribution in [3.8, 4) is 5.75 Å². The Balaban J connectivity index is 1.54. The fourth-order valence-electron chi connectivity index (χ4n) is 3.14. The molecule has 3 aromatic rings. The minimum Gasteiger partial charge on any atom is -0.493 e. The van der Waals surface area contributed by atoms with Crippen LogP contribution in [0.25, 0.3) is 10.8 Å². The molecule has 0 aromatic heterocycles. The molecule has 3 aromatic carbocycles. The highest BCUT2D eigenvalue weighted by atomic mass is 19.4. The van der Waals surface area contributed by atoms with Gasteiger partial charge in [0.25, 0.3) is 0 Å². The molecule has 0 spiro atoms. The standard InChI is InChI=1S/C24H22F3N3O3/c1-2-33-21-11-10-16(19-8-3-4-9-20(19)21)15-28-30-23(32)13-12-22(31)29-18-7-5-6-17(14-18)24(25,26)27/h3-11,14-15H,2,12-13H2,1H3,(H,29,31)(H,30,32). The van der Waals surface area contributed by atoms with Crippen LogP contribution in [0.2, 0.25) is 0 Å². The van der Waals surface area contributed by atoms with Gasteiger partial charge < -0.3 is 10.1 Å².